The second kappa shape index (κ2) is 8.08. The Hall–Kier alpha value is -1.18. The molecule has 0 amide bonds. The molecule has 0 aliphatic heterocycles. The van der Waals surface area contributed by atoms with Crippen molar-refractivity contribution in [2.75, 3.05) is 7.11 Å². The van der Waals surface area contributed by atoms with Crippen molar-refractivity contribution in [3.8, 4) is 0 Å². The van der Waals surface area contributed by atoms with Gasteiger partial charge in [-0.15, -0.1) is 0 Å². The molecule has 2 atom stereocenters. The maximum Gasteiger partial charge on any atom is 0.334 e. The molecule has 0 unspecified atom stereocenters. The minimum Gasteiger partial charge on any atom is -0.467 e. The van der Waals surface area contributed by atoms with Gasteiger partial charge >= 0.3 is 5.97 Å². The lowest BCUT2D eigenvalue weighted by Crippen LogP contribution is -2.53. The number of allylic oxidation sites excluding steroid dienone is 1. The van der Waals surface area contributed by atoms with Crippen molar-refractivity contribution >= 4 is 27.5 Å². The van der Waals surface area contributed by atoms with Gasteiger partial charge in [-0.25, -0.2) is 4.79 Å². The van der Waals surface area contributed by atoms with Crippen LogP contribution < -0.4 is 5.19 Å². The molecule has 3 nitrogen and oxygen atoms in total. The van der Waals surface area contributed by atoms with Crippen molar-refractivity contribution in [2.45, 2.75) is 51.3 Å². The van der Waals surface area contributed by atoms with E-state index in [9.17, 15) is 4.79 Å². The van der Waals surface area contributed by atoms with Gasteiger partial charge in [-0.05, 0) is 26.6 Å². The lowest BCUT2D eigenvalue weighted by molar-refractivity contribution is -0.149. The molecular weight excluding hydrogens is 320 g/mol. The number of rotatable bonds is 7. The maximum atomic E-state index is 12.4. The first-order valence-electron chi connectivity index (χ1n) is 8.07. The Kier molecular flexibility index (Phi) is 6.98. The number of benzene rings is 1. The highest BCUT2D eigenvalue weighted by Gasteiger charge is 2.43. The van der Waals surface area contributed by atoms with Gasteiger partial charge in [0.05, 0.1) is 15.2 Å². The topological polar surface area (TPSA) is 35.5 Å². The normalized spacial score (nSPS) is 15.4. The maximum absolute atomic E-state index is 12.4. The lowest BCUT2D eigenvalue weighted by atomic mass is 10.2. The zero-order valence-corrected chi connectivity index (χ0v) is 17.4. The van der Waals surface area contributed by atoms with E-state index in [2.05, 4.69) is 63.1 Å². The monoisotopic (exact) mass is 350 g/mol. The van der Waals surface area contributed by atoms with Crippen LogP contribution in [0.15, 0.2) is 42.5 Å². The van der Waals surface area contributed by atoms with Gasteiger partial charge in [0.15, 0.2) is 8.32 Å². The van der Waals surface area contributed by atoms with Gasteiger partial charge in [-0.3, -0.25) is 0 Å². The molecule has 0 fully saturated rings. The molecule has 0 spiro atoms. The van der Waals surface area contributed by atoms with Gasteiger partial charge in [-0.2, -0.15) is 0 Å². The van der Waals surface area contributed by atoms with Crippen molar-refractivity contribution < 1.29 is 14.0 Å². The highest BCUT2D eigenvalue weighted by molar-refractivity contribution is 6.91. The second-order valence-electron chi connectivity index (χ2n) is 7.31. The number of methoxy groups -OCH3 is 1. The average Bonchev–Trinajstić information content (AvgIpc) is 2.49. The first-order valence-corrected chi connectivity index (χ1v) is 14.6. The quantitative estimate of drug-likeness (QED) is 0.424. The van der Waals surface area contributed by atoms with Crippen molar-refractivity contribution in [2.24, 2.45) is 0 Å². The second-order valence-corrected chi connectivity index (χ2v) is 16.5. The van der Waals surface area contributed by atoms with E-state index in [0.717, 1.165) is 0 Å². The first-order chi connectivity index (χ1) is 10.6. The van der Waals surface area contributed by atoms with Crippen LogP contribution >= 0.6 is 0 Å². The largest absolute Gasteiger partial charge is 0.467 e. The minimum absolute atomic E-state index is 0.0362. The molecule has 0 bridgehead atoms. The summed E-state index contributed by atoms with van der Waals surface area (Å²) in [6.07, 6.45) is 3.61. The molecule has 0 N–H and O–H groups in total. The van der Waals surface area contributed by atoms with Crippen LogP contribution in [0.5, 0.6) is 0 Å². The Balaban J connectivity index is 3.32. The number of hydrogen-bond acceptors (Lipinski definition) is 3. The van der Waals surface area contributed by atoms with E-state index < -0.39 is 22.5 Å². The van der Waals surface area contributed by atoms with E-state index in [4.69, 9.17) is 9.16 Å². The summed E-state index contributed by atoms with van der Waals surface area (Å²) in [5.74, 6) is -0.271. The minimum atomic E-state index is -1.96. The third-order valence-corrected chi connectivity index (χ3v) is 8.94. The summed E-state index contributed by atoms with van der Waals surface area (Å²) in [5, 5.41) is 1.32. The van der Waals surface area contributed by atoms with Crippen molar-refractivity contribution in [1.29, 1.82) is 0 Å². The van der Waals surface area contributed by atoms with Crippen LogP contribution in [0.1, 0.15) is 6.92 Å². The highest BCUT2D eigenvalue weighted by atomic mass is 28.4. The predicted molar refractivity (Wildman–Crippen MR) is 102 cm³/mol. The number of carbonyl (C=O) groups is 1. The molecule has 0 heterocycles. The number of hydrogen-bond donors (Lipinski definition) is 0. The Morgan fingerprint density at radius 3 is 2.09 bits per heavy atom. The van der Waals surface area contributed by atoms with Crippen LogP contribution in [-0.2, 0) is 14.0 Å². The van der Waals surface area contributed by atoms with Gasteiger partial charge in [0, 0.05) is 5.54 Å². The van der Waals surface area contributed by atoms with Gasteiger partial charge in [0.1, 0.15) is 6.10 Å². The van der Waals surface area contributed by atoms with Gasteiger partial charge in [0.25, 0.3) is 0 Å². The Labute approximate surface area is 142 Å². The number of ether oxygens (including phenoxy) is 1. The highest BCUT2D eigenvalue weighted by Crippen LogP contribution is 2.32. The van der Waals surface area contributed by atoms with E-state index in [1.54, 1.807) is 0 Å². The third kappa shape index (κ3) is 5.44. The van der Waals surface area contributed by atoms with Gasteiger partial charge in [0.2, 0.25) is 0 Å². The summed E-state index contributed by atoms with van der Waals surface area (Å²) in [5.41, 5.74) is 0.0362. The van der Waals surface area contributed by atoms with Crippen molar-refractivity contribution in [3.63, 3.8) is 0 Å². The molecule has 128 valence electrons. The number of carbonyl (C=O) groups excluding carboxylic acids is 1. The summed E-state index contributed by atoms with van der Waals surface area (Å²) in [6.45, 7) is 12.9. The molecule has 0 saturated heterocycles. The molecule has 1 aromatic rings. The Morgan fingerprint density at radius 1 is 1.09 bits per heavy atom. The fourth-order valence-electron chi connectivity index (χ4n) is 2.75. The summed E-state index contributed by atoms with van der Waals surface area (Å²) >= 11 is 0. The summed E-state index contributed by atoms with van der Waals surface area (Å²) < 4.78 is 11.3. The Morgan fingerprint density at radius 2 is 1.65 bits per heavy atom. The molecule has 0 aliphatic carbocycles. The summed E-state index contributed by atoms with van der Waals surface area (Å²) in [4.78, 5) is 12.4. The zero-order chi connectivity index (χ0) is 17.7. The molecular formula is C18H30O3Si2. The van der Waals surface area contributed by atoms with E-state index in [1.165, 1.54) is 12.3 Å². The fraction of sp³-hybridized carbons (Fsp3) is 0.500. The summed E-state index contributed by atoms with van der Waals surface area (Å²) in [7, 11) is -2.41. The molecule has 0 saturated carbocycles. The van der Waals surface area contributed by atoms with E-state index in [-0.39, 0.29) is 11.5 Å². The molecule has 0 aliphatic rings. The van der Waals surface area contributed by atoms with Crippen LogP contribution in [0.3, 0.4) is 0 Å². The van der Waals surface area contributed by atoms with Crippen LogP contribution in [-0.4, -0.2) is 35.6 Å². The SMILES string of the molecule is C/C=C/[C@H]([C@@H](O[Si](C)(C)C)C(=O)OC)[Si](C)(C)c1ccccc1. The fourth-order valence-corrected chi connectivity index (χ4v) is 6.96. The molecule has 1 aromatic carbocycles. The smallest absolute Gasteiger partial charge is 0.334 e. The zero-order valence-electron chi connectivity index (χ0n) is 15.4. The molecule has 23 heavy (non-hydrogen) atoms. The Bertz CT molecular complexity index is 533. The van der Waals surface area contributed by atoms with Crippen molar-refractivity contribution in [1.82, 2.24) is 0 Å². The van der Waals surface area contributed by atoms with E-state index in [0.29, 0.717) is 0 Å². The molecule has 0 aromatic heterocycles. The van der Waals surface area contributed by atoms with E-state index in [1.807, 2.05) is 19.1 Å². The van der Waals surface area contributed by atoms with E-state index >= 15 is 0 Å². The average molecular weight is 351 g/mol. The number of esters is 1. The van der Waals surface area contributed by atoms with Gasteiger partial charge in [-0.1, -0.05) is 60.8 Å². The van der Waals surface area contributed by atoms with Gasteiger partial charge < -0.3 is 9.16 Å². The van der Waals surface area contributed by atoms with Crippen LogP contribution in [0.4, 0.5) is 0 Å². The molecule has 5 heteroatoms. The first kappa shape index (κ1) is 19.9. The van der Waals surface area contributed by atoms with Crippen LogP contribution in [0.2, 0.25) is 38.3 Å². The third-order valence-electron chi connectivity index (χ3n) is 3.99. The van der Waals surface area contributed by atoms with Crippen LogP contribution in [0, 0.1) is 0 Å². The predicted octanol–water partition coefficient (Wildman–Crippen LogP) is 3.94. The molecule has 1 rings (SSSR count). The van der Waals surface area contributed by atoms with Crippen molar-refractivity contribution in [3.05, 3.63) is 42.5 Å². The summed E-state index contributed by atoms with van der Waals surface area (Å²) in [6, 6.07) is 10.5. The molecule has 0 radical (unpaired) electrons. The lowest BCUT2D eigenvalue weighted by Gasteiger charge is -2.38. The van der Waals surface area contributed by atoms with Crippen LogP contribution in [0.25, 0.3) is 0 Å². The standard InChI is InChI=1S/C18H30O3Si2/c1-8-12-16(17(18(19)20-2)21-22(3,4)5)23(6,7)15-13-10-9-11-14-15/h8-14,16-17H,1-7H3/b12-8+/t16-,17-/m1/s1.